The molecule has 0 unspecified atom stereocenters. The molecule has 0 aliphatic heterocycles. The quantitative estimate of drug-likeness (QED) is 0.224. The molecule has 0 spiro atoms. The van der Waals surface area contributed by atoms with Gasteiger partial charge in [0, 0.05) is 5.75 Å². The Morgan fingerprint density at radius 1 is 0.939 bits per heavy atom. The summed E-state index contributed by atoms with van der Waals surface area (Å²) >= 11 is 1.60. The van der Waals surface area contributed by atoms with Crippen LogP contribution in [0.1, 0.15) is 29.2 Å². The van der Waals surface area contributed by atoms with Gasteiger partial charge in [-0.3, -0.25) is 0 Å². The number of thioether (sulfide) groups is 1. The van der Waals surface area contributed by atoms with Crippen molar-refractivity contribution >= 4 is 18.0 Å². The lowest BCUT2D eigenvalue weighted by molar-refractivity contribution is 0.269. The van der Waals surface area contributed by atoms with Gasteiger partial charge in [0.1, 0.15) is 12.9 Å². The van der Waals surface area contributed by atoms with Gasteiger partial charge in [0.2, 0.25) is 5.16 Å². The molecule has 6 nitrogen and oxygen atoms in total. The summed E-state index contributed by atoms with van der Waals surface area (Å²) in [6.45, 7) is 5.07. The van der Waals surface area contributed by atoms with Gasteiger partial charge in [-0.25, -0.2) is 0 Å². The van der Waals surface area contributed by atoms with Crippen molar-refractivity contribution in [3.63, 3.8) is 0 Å². The van der Waals surface area contributed by atoms with Crippen molar-refractivity contribution in [2.24, 2.45) is 5.10 Å². The summed E-state index contributed by atoms with van der Waals surface area (Å²) in [5, 5.41) is 13.5. The molecule has 0 fully saturated rings. The van der Waals surface area contributed by atoms with E-state index in [2.05, 4.69) is 46.5 Å². The number of benzene rings is 3. The van der Waals surface area contributed by atoms with Crippen LogP contribution in [-0.2, 0) is 12.4 Å². The topological polar surface area (TPSA) is 61.5 Å². The number of aromatic nitrogens is 3. The third kappa shape index (κ3) is 6.46. The van der Waals surface area contributed by atoms with Gasteiger partial charge in [-0.05, 0) is 48.7 Å². The fraction of sp³-hybridized carbons (Fsp3) is 0.192. The molecular weight excluding hydrogens is 432 g/mol. The summed E-state index contributed by atoms with van der Waals surface area (Å²) in [6.07, 6.45) is 3.37. The molecule has 0 saturated carbocycles. The second-order valence-corrected chi connectivity index (χ2v) is 8.33. The summed E-state index contributed by atoms with van der Waals surface area (Å²) in [7, 11) is 0. The Morgan fingerprint density at radius 2 is 1.76 bits per heavy atom. The first kappa shape index (κ1) is 22.6. The first-order chi connectivity index (χ1) is 16.2. The fourth-order valence-electron chi connectivity index (χ4n) is 3.08. The first-order valence-corrected chi connectivity index (χ1v) is 11.8. The molecule has 7 heteroatoms. The van der Waals surface area contributed by atoms with Crippen LogP contribution in [0.25, 0.3) is 0 Å². The number of hydrogen-bond donors (Lipinski definition) is 0. The molecular formula is C26H26N4O2S. The van der Waals surface area contributed by atoms with Crippen molar-refractivity contribution in [1.29, 1.82) is 0 Å². The van der Waals surface area contributed by atoms with E-state index in [9.17, 15) is 0 Å². The Kier molecular flexibility index (Phi) is 7.76. The molecule has 4 aromatic rings. The third-order valence-electron chi connectivity index (χ3n) is 4.82. The van der Waals surface area contributed by atoms with Gasteiger partial charge >= 0.3 is 0 Å². The number of nitrogens with zero attached hydrogens (tertiary/aromatic N) is 4. The predicted molar refractivity (Wildman–Crippen MR) is 132 cm³/mol. The summed E-state index contributed by atoms with van der Waals surface area (Å²) in [6, 6.07) is 24.3. The highest BCUT2D eigenvalue weighted by Gasteiger charge is 2.08. The third-order valence-corrected chi connectivity index (χ3v) is 5.83. The molecule has 1 aromatic heterocycles. The molecule has 0 N–H and O–H groups in total. The van der Waals surface area contributed by atoms with Gasteiger partial charge in [-0.2, -0.15) is 9.78 Å². The Balaban J connectivity index is 1.43. The van der Waals surface area contributed by atoms with E-state index in [4.69, 9.17) is 9.47 Å². The van der Waals surface area contributed by atoms with Gasteiger partial charge in [0.05, 0.1) is 12.8 Å². The van der Waals surface area contributed by atoms with E-state index in [0.29, 0.717) is 24.7 Å². The van der Waals surface area contributed by atoms with E-state index in [1.54, 1.807) is 29.0 Å². The summed E-state index contributed by atoms with van der Waals surface area (Å²) < 4.78 is 13.5. The van der Waals surface area contributed by atoms with Crippen molar-refractivity contribution in [2.75, 3.05) is 6.61 Å². The van der Waals surface area contributed by atoms with Crippen LogP contribution >= 0.6 is 11.8 Å². The highest BCUT2D eigenvalue weighted by Crippen LogP contribution is 2.29. The van der Waals surface area contributed by atoms with Crippen molar-refractivity contribution < 1.29 is 9.47 Å². The highest BCUT2D eigenvalue weighted by atomic mass is 32.2. The second-order valence-electron chi connectivity index (χ2n) is 7.39. The monoisotopic (exact) mass is 458 g/mol. The maximum atomic E-state index is 5.98. The van der Waals surface area contributed by atoms with Gasteiger partial charge in [0.25, 0.3) is 0 Å². The molecule has 0 bridgehead atoms. The Hall–Kier alpha value is -3.58. The molecule has 0 amide bonds. The van der Waals surface area contributed by atoms with E-state index in [1.807, 2.05) is 55.5 Å². The van der Waals surface area contributed by atoms with E-state index < -0.39 is 0 Å². The van der Waals surface area contributed by atoms with Gasteiger partial charge in [-0.1, -0.05) is 71.9 Å². The van der Waals surface area contributed by atoms with Crippen LogP contribution < -0.4 is 9.47 Å². The molecule has 33 heavy (non-hydrogen) atoms. The van der Waals surface area contributed by atoms with Gasteiger partial charge < -0.3 is 9.47 Å². The molecule has 0 radical (unpaired) electrons. The maximum absolute atomic E-state index is 5.98. The number of hydrogen-bond acceptors (Lipinski definition) is 6. The second kappa shape index (κ2) is 11.3. The summed E-state index contributed by atoms with van der Waals surface area (Å²) in [5.74, 6) is 2.20. The zero-order valence-corrected chi connectivity index (χ0v) is 19.5. The van der Waals surface area contributed by atoms with Crippen molar-refractivity contribution in [3.8, 4) is 11.5 Å². The number of rotatable bonds is 10. The molecule has 3 aromatic carbocycles. The minimum Gasteiger partial charge on any atom is -0.490 e. The van der Waals surface area contributed by atoms with E-state index >= 15 is 0 Å². The van der Waals surface area contributed by atoms with E-state index in [-0.39, 0.29) is 0 Å². The van der Waals surface area contributed by atoms with Crippen molar-refractivity contribution in [3.05, 3.63) is 101 Å². The average Bonchev–Trinajstić information content (AvgIpc) is 3.30. The molecule has 0 aliphatic rings. The van der Waals surface area contributed by atoms with Crippen LogP contribution in [0.2, 0.25) is 0 Å². The Morgan fingerprint density at radius 3 is 2.55 bits per heavy atom. The van der Waals surface area contributed by atoms with Crippen LogP contribution in [-0.4, -0.2) is 27.7 Å². The zero-order valence-electron chi connectivity index (χ0n) is 18.7. The summed E-state index contributed by atoms with van der Waals surface area (Å²) in [4.78, 5) is 0. The van der Waals surface area contributed by atoms with Crippen LogP contribution in [0.4, 0.5) is 0 Å². The molecule has 0 saturated heterocycles. The number of ether oxygens (including phenoxy) is 2. The minimum absolute atomic E-state index is 0.483. The highest BCUT2D eigenvalue weighted by molar-refractivity contribution is 7.98. The molecule has 0 atom stereocenters. The lowest BCUT2D eigenvalue weighted by Crippen LogP contribution is -2.00. The van der Waals surface area contributed by atoms with Crippen LogP contribution in [0, 0.1) is 6.92 Å². The fourth-order valence-corrected chi connectivity index (χ4v) is 3.90. The van der Waals surface area contributed by atoms with Gasteiger partial charge in [-0.15, -0.1) is 10.2 Å². The lowest BCUT2D eigenvalue weighted by Gasteiger charge is -2.12. The van der Waals surface area contributed by atoms with Crippen LogP contribution in [0.5, 0.6) is 11.5 Å². The van der Waals surface area contributed by atoms with Crippen molar-refractivity contribution in [1.82, 2.24) is 14.9 Å². The zero-order chi connectivity index (χ0) is 22.9. The summed E-state index contributed by atoms with van der Waals surface area (Å²) in [5.41, 5.74) is 4.48. The predicted octanol–water partition coefficient (Wildman–Crippen LogP) is 5.74. The average molecular weight is 459 g/mol. The number of aryl methyl sites for hydroxylation is 1. The first-order valence-electron chi connectivity index (χ1n) is 10.8. The van der Waals surface area contributed by atoms with Crippen LogP contribution in [0.3, 0.4) is 0 Å². The SMILES string of the molecule is CCOc1cc(/C=N/n2cnnc2SCc2ccc(C)cc2)ccc1OCc1ccccc1. The lowest BCUT2D eigenvalue weighted by atomic mass is 10.2. The van der Waals surface area contributed by atoms with E-state index in [1.165, 1.54) is 11.1 Å². The van der Waals surface area contributed by atoms with Gasteiger partial charge in [0.15, 0.2) is 11.5 Å². The maximum Gasteiger partial charge on any atom is 0.212 e. The van der Waals surface area contributed by atoms with Crippen molar-refractivity contribution in [2.45, 2.75) is 31.4 Å². The van der Waals surface area contributed by atoms with E-state index in [0.717, 1.165) is 22.0 Å². The Labute approximate surface area is 198 Å². The largest absolute Gasteiger partial charge is 0.490 e. The standard InChI is InChI=1S/C26H26N4O2S/c1-3-31-25-15-23(13-14-24(25)32-17-21-7-5-4-6-8-21)16-28-30-19-27-29-26(30)33-18-22-11-9-20(2)10-12-22/h4-16,19H,3,17-18H2,1-2H3/b28-16+. The normalized spacial score (nSPS) is 11.1. The molecule has 0 aliphatic carbocycles. The molecule has 1 heterocycles. The smallest absolute Gasteiger partial charge is 0.212 e. The molecule has 168 valence electrons. The minimum atomic E-state index is 0.483. The van der Waals surface area contributed by atoms with Crippen LogP contribution in [0.15, 0.2) is 89.4 Å². The Bertz CT molecular complexity index is 1190. The molecule has 4 rings (SSSR count).